The lowest BCUT2D eigenvalue weighted by molar-refractivity contribution is 0.0938. The van der Waals surface area contributed by atoms with E-state index in [0.717, 1.165) is 0 Å². The molecule has 1 N–H and O–H groups in total. The van der Waals surface area contributed by atoms with Crippen LogP contribution in [-0.4, -0.2) is 39.6 Å². The van der Waals surface area contributed by atoms with Crippen LogP contribution in [0.4, 0.5) is 0 Å². The molecule has 0 radical (unpaired) electrons. The van der Waals surface area contributed by atoms with Crippen molar-refractivity contribution in [1.82, 2.24) is 39.0 Å². The summed E-state index contributed by atoms with van der Waals surface area (Å²) in [7, 11) is 1.87. The van der Waals surface area contributed by atoms with Gasteiger partial charge >= 0.3 is 0 Å². The van der Waals surface area contributed by atoms with Crippen molar-refractivity contribution in [1.29, 1.82) is 0 Å². The fraction of sp³-hybridized carbons (Fsp3) is 0.133. The molecule has 0 saturated heterocycles. The molecule has 40 heavy (non-hydrogen) atoms. The summed E-state index contributed by atoms with van der Waals surface area (Å²) in [6, 6.07) is 15.7. The summed E-state index contributed by atoms with van der Waals surface area (Å²) in [4.78, 5) is 41.0. The number of fused-ring (bicyclic) bond motifs is 2. The molecule has 10 nitrogen and oxygen atoms in total. The third-order valence-corrected chi connectivity index (χ3v) is 6.50. The standard InChI is InChI=1S/C30H24N8O2/c1-19-25(28-31-15-8-16-37(28)35-19)29(39)33-20(2)27-34-24-12-7-9-21(13-14-22-17-36(3)18-32-22)26(24)30(40)38(27)23-10-5-4-6-11-23/h4-12,15-18,20H,1-3H3,(H,33,39)/t20-/m0/s1. The molecule has 10 heteroatoms. The smallest absolute Gasteiger partial charge is 0.267 e. The molecule has 196 valence electrons. The van der Waals surface area contributed by atoms with E-state index in [2.05, 4.69) is 32.2 Å². The average molecular weight is 529 g/mol. The molecule has 4 aromatic heterocycles. The van der Waals surface area contributed by atoms with Gasteiger partial charge in [-0.1, -0.05) is 30.2 Å². The number of benzene rings is 2. The topological polar surface area (TPSA) is 112 Å². The van der Waals surface area contributed by atoms with Gasteiger partial charge in [0.05, 0.1) is 34.7 Å². The van der Waals surface area contributed by atoms with Crippen molar-refractivity contribution in [3.63, 3.8) is 0 Å². The van der Waals surface area contributed by atoms with Gasteiger partial charge in [-0.15, -0.1) is 0 Å². The number of hydrogen-bond donors (Lipinski definition) is 1. The largest absolute Gasteiger partial charge is 0.342 e. The van der Waals surface area contributed by atoms with Gasteiger partial charge in [0.25, 0.3) is 11.5 Å². The Hall–Kier alpha value is -5.56. The lowest BCUT2D eigenvalue weighted by Gasteiger charge is -2.20. The molecule has 2 aromatic carbocycles. The summed E-state index contributed by atoms with van der Waals surface area (Å²) >= 11 is 0. The minimum Gasteiger partial charge on any atom is -0.342 e. The number of nitrogens with zero attached hydrogens (tertiary/aromatic N) is 7. The Morgan fingerprint density at radius 3 is 2.62 bits per heavy atom. The first-order chi connectivity index (χ1) is 19.4. The molecule has 0 spiro atoms. The van der Waals surface area contributed by atoms with Gasteiger partial charge in [0.1, 0.15) is 17.1 Å². The molecule has 0 fully saturated rings. The minimum absolute atomic E-state index is 0.285. The van der Waals surface area contributed by atoms with Crippen LogP contribution in [0.5, 0.6) is 0 Å². The molecule has 4 heterocycles. The Bertz CT molecular complexity index is 2030. The van der Waals surface area contributed by atoms with Gasteiger partial charge in [-0.2, -0.15) is 5.10 Å². The van der Waals surface area contributed by atoms with Crippen LogP contribution < -0.4 is 10.9 Å². The number of hydrogen-bond acceptors (Lipinski definition) is 6. The van der Waals surface area contributed by atoms with E-state index in [1.807, 2.05) is 54.2 Å². The van der Waals surface area contributed by atoms with Crippen molar-refractivity contribution < 1.29 is 4.79 Å². The van der Waals surface area contributed by atoms with E-state index < -0.39 is 6.04 Å². The number of rotatable bonds is 4. The third-order valence-electron chi connectivity index (χ3n) is 6.50. The molecule has 0 unspecified atom stereocenters. The Morgan fingerprint density at radius 1 is 1.02 bits per heavy atom. The molecule has 0 aliphatic carbocycles. The van der Waals surface area contributed by atoms with Crippen molar-refractivity contribution in [2.45, 2.75) is 19.9 Å². The number of carbonyl (C=O) groups is 1. The minimum atomic E-state index is -0.633. The monoisotopic (exact) mass is 528 g/mol. The molecule has 0 saturated carbocycles. The van der Waals surface area contributed by atoms with Crippen LogP contribution in [-0.2, 0) is 7.05 Å². The number of nitrogens with one attached hydrogen (secondary N) is 1. The highest BCUT2D eigenvalue weighted by Gasteiger charge is 2.24. The number of carbonyl (C=O) groups excluding carboxylic acids is 1. The Labute approximate surface area is 229 Å². The number of amides is 1. The highest BCUT2D eigenvalue weighted by atomic mass is 16.2. The maximum Gasteiger partial charge on any atom is 0.267 e. The van der Waals surface area contributed by atoms with E-state index in [1.54, 1.807) is 55.3 Å². The first-order valence-electron chi connectivity index (χ1n) is 12.6. The number of imidazole rings is 1. The van der Waals surface area contributed by atoms with Crippen LogP contribution >= 0.6 is 0 Å². The SMILES string of the molecule is Cc1nn2cccnc2c1C(=O)N[C@@H](C)c1nc2cccc(C#Cc3cn(C)cn3)c2c(=O)n1-c1ccccc1. The van der Waals surface area contributed by atoms with E-state index >= 15 is 0 Å². The van der Waals surface area contributed by atoms with E-state index in [0.29, 0.717) is 50.6 Å². The fourth-order valence-corrected chi connectivity index (χ4v) is 4.67. The average Bonchev–Trinajstić information content (AvgIpc) is 3.53. The molecule has 6 aromatic rings. The summed E-state index contributed by atoms with van der Waals surface area (Å²) in [5.41, 5.74) is 3.33. The zero-order valence-corrected chi connectivity index (χ0v) is 22.0. The quantitative estimate of drug-likeness (QED) is 0.351. The number of aryl methyl sites for hydroxylation is 2. The van der Waals surface area contributed by atoms with Gasteiger partial charge in [0.2, 0.25) is 0 Å². The normalized spacial score (nSPS) is 11.8. The van der Waals surface area contributed by atoms with Gasteiger partial charge in [-0.05, 0) is 50.1 Å². The van der Waals surface area contributed by atoms with Crippen LogP contribution in [0, 0.1) is 18.8 Å². The van der Waals surface area contributed by atoms with Crippen molar-refractivity contribution >= 4 is 22.5 Å². The molecular weight excluding hydrogens is 504 g/mol. The first kappa shape index (κ1) is 24.8. The summed E-state index contributed by atoms with van der Waals surface area (Å²) < 4.78 is 4.90. The predicted octanol–water partition coefficient (Wildman–Crippen LogP) is 3.36. The number of aromatic nitrogens is 7. The van der Waals surface area contributed by atoms with E-state index in [9.17, 15) is 9.59 Å². The van der Waals surface area contributed by atoms with Gasteiger partial charge in [-0.25, -0.2) is 19.5 Å². The lowest BCUT2D eigenvalue weighted by atomic mass is 10.1. The highest BCUT2D eigenvalue weighted by molar-refractivity contribution is 6.01. The van der Waals surface area contributed by atoms with Gasteiger partial charge in [0, 0.05) is 31.2 Å². The van der Waals surface area contributed by atoms with Crippen molar-refractivity contribution in [3.8, 4) is 17.5 Å². The van der Waals surface area contributed by atoms with E-state index in [-0.39, 0.29) is 11.5 Å². The summed E-state index contributed by atoms with van der Waals surface area (Å²) in [5.74, 6) is 6.15. The molecule has 1 atom stereocenters. The highest BCUT2D eigenvalue weighted by Crippen LogP contribution is 2.21. The van der Waals surface area contributed by atoms with E-state index in [1.165, 1.54) is 4.57 Å². The Kier molecular flexibility index (Phi) is 6.16. The second-order valence-corrected chi connectivity index (χ2v) is 9.36. The van der Waals surface area contributed by atoms with Crippen LogP contribution in [0.25, 0.3) is 22.2 Å². The third kappa shape index (κ3) is 4.39. The maximum absolute atomic E-state index is 14.1. The van der Waals surface area contributed by atoms with Gasteiger partial charge in [0.15, 0.2) is 5.65 Å². The van der Waals surface area contributed by atoms with Crippen molar-refractivity contribution in [3.05, 3.63) is 118 Å². The molecule has 6 rings (SSSR count). The molecule has 0 bridgehead atoms. The second-order valence-electron chi connectivity index (χ2n) is 9.36. The maximum atomic E-state index is 14.1. The first-order valence-corrected chi connectivity index (χ1v) is 12.6. The lowest BCUT2D eigenvalue weighted by Crippen LogP contribution is -2.33. The van der Waals surface area contributed by atoms with Crippen LogP contribution in [0.15, 0.2) is 84.3 Å². The molecular formula is C30H24N8O2. The zero-order valence-electron chi connectivity index (χ0n) is 22.0. The summed E-state index contributed by atoms with van der Waals surface area (Å²) in [6.07, 6.45) is 6.83. The Morgan fingerprint density at radius 2 is 1.85 bits per heavy atom. The van der Waals surface area contributed by atoms with Crippen molar-refractivity contribution in [2.24, 2.45) is 7.05 Å². The Balaban J connectivity index is 1.48. The van der Waals surface area contributed by atoms with Crippen molar-refractivity contribution in [2.75, 3.05) is 0 Å². The van der Waals surface area contributed by atoms with E-state index in [4.69, 9.17) is 4.98 Å². The molecule has 0 aliphatic heterocycles. The van der Waals surface area contributed by atoms with Crippen LogP contribution in [0.1, 0.15) is 46.1 Å². The number of para-hydroxylation sites is 1. The second kappa shape index (κ2) is 9.96. The van der Waals surface area contributed by atoms with Crippen LogP contribution in [0.2, 0.25) is 0 Å². The van der Waals surface area contributed by atoms with Gasteiger partial charge < -0.3 is 9.88 Å². The fourth-order valence-electron chi connectivity index (χ4n) is 4.67. The van der Waals surface area contributed by atoms with Crippen LogP contribution in [0.3, 0.4) is 0 Å². The molecule has 1 amide bonds. The summed E-state index contributed by atoms with van der Waals surface area (Å²) in [5, 5.41) is 7.78. The zero-order chi connectivity index (χ0) is 27.8. The van der Waals surface area contributed by atoms with Gasteiger partial charge in [-0.3, -0.25) is 14.2 Å². The predicted molar refractivity (Wildman–Crippen MR) is 150 cm³/mol. The molecule has 0 aliphatic rings. The summed E-state index contributed by atoms with van der Waals surface area (Å²) in [6.45, 7) is 3.56.